The molecule has 0 fully saturated rings. The molecule has 0 aliphatic carbocycles. The van der Waals surface area contributed by atoms with E-state index in [9.17, 15) is 0 Å². The van der Waals surface area contributed by atoms with Gasteiger partial charge in [-0.1, -0.05) is 0 Å². The van der Waals surface area contributed by atoms with Gasteiger partial charge in [-0.25, -0.2) is 4.98 Å². The van der Waals surface area contributed by atoms with E-state index in [1.165, 1.54) is 0 Å². The van der Waals surface area contributed by atoms with Crippen molar-refractivity contribution >= 4 is 22.6 Å². The van der Waals surface area contributed by atoms with Gasteiger partial charge in [0, 0.05) is 6.20 Å². The lowest BCUT2D eigenvalue weighted by Crippen LogP contribution is -1.84. The molecule has 0 aromatic carbocycles. The summed E-state index contributed by atoms with van der Waals surface area (Å²) in [6.07, 6.45) is 3.47. The van der Waals surface area contributed by atoms with Gasteiger partial charge in [0.1, 0.15) is 3.70 Å². The normalized spacial score (nSPS) is 9.25. The standard InChI is InChI=1S/C5H5IN2/c1-4-2-7-3-5(6)8-4/h2-3H,1H3. The maximum atomic E-state index is 4.10. The SMILES string of the molecule is Cc1cncc(I)n1. The van der Waals surface area contributed by atoms with Crippen molar-refractivity contribution in [3.8, 4) is 0 Å². The fraction of sp³-hybridized carbons (Fsp3) is 0.200. The van der Waals surface area contributed by atoms with Crippen molar-refractivity contribution < 1.29 is 0 Å². The second kappa shape index (κ2) is 2.39. The molecule has 3 heteroatoms. The third-order valence-electron chi connectivity index (χ3n) is 0.726. The van der Waals surface area contributed by atoms with Crippen LogP contribution in [-0.4, -0.2) is 9.97 Å². The van der Waals surface area contributed by atoms with Gasteiger partial charge in [0.15, 0.2) is 0 Å². The maximum Gasteiger partial charge on any atom is 0.119 e. The van der Waals surface area contributed by atoms with Crippen LogP contribution >= 0.6 is 22.6 Å². The van der Waals surface area contributed by atoms with Crippen LogP contribution in [-0.2, 0) is 0 Å². The summed E-state index contributed by atoms with van der Waals surface area (Å²) in [4.78, 5) is 8.01. The van der Waals surface area contributed by atoms with Gasteiger partial charge < -0.3 is 0 Å². The van der Waals surface area contributed by atoms with Crippen LogP contribution in [0.5, 0.6) is 0 Å². The molecule has 42 valence electrons. The van der Waals surface area contributed by atoms with Crippen LogP contribution in [0.2, 0.25) is 0 Å². The minimum Gasteiger partial charge on any atom is -0.260 e. The molecule has 0 spiro atoms. The second-order valence-electron chi connectivity index (χ2n) is 1.48. The fourth-order valence-electron chi connectivity index (χ4n) is 0.433. The number of aryl methyl sites for hydroxylation is 1. The van der Waals surface area contributed by atoms with E-state index in [4.69, 9.17) is 0 Å². The van der Waals surface area contributed by atoms with E-state index in [1.807, 2.05) is 6.92 Å². The molecule has 0 amide bonds. The van der Waals surface area contributed by atoms with Crippen LogP contribution in [0.4, 0.5) is 0 Å². The van der Waals surface area contributed by atoms with Crippen LogP contribution in [0.3, 0.4) is 0 Å². The summed E-state index contributed by atoms with van der Waals surface area (Å²) in [5.74, 6) is 0. The van der Waals surface area contributed by atoms with Crippen molar-refractivity contribution in [2.24, 2.45) is 0 Å². The van der Waals surface area contributed by atoms with Crippen LogP contribution in [0.25, 0.3) is 0 Å². The molecule has 8 heavy (non-hydrogen) atoms. The number of hydrogen-bond donors (Lipinski definition) is 0. The van der Waals surface area contributed by atoms with Crippen LogP contribution in [0.1, 0.15) is 5.69 Å². The summed E-state index contributed by atoms with van der Waals surface area (Å²) in [7, 11) is 0. The minimum absolute atomic E-state index is 0.947. The Balaban J connectivity index is 3.08. The Morgan fingerprint density at radius 2 is 2.25 bits per heavy atom. The predicted octanol–water partition coefficient (Wildman–Crippen LogP) is 1.39. The third kappa shape index (κ3) is 1.40. The minimum atomic E-state index is 0.947. The zero-order valence-electron chi connectivity index (χ0n) is 4.43. The second-order valence-corrected chi connectivity index (χ2v) is 2.59. The van der Waals surface area contributed by atoms with Gasteiger partial charge >= 0.3 is 0 Å². The van der Waals surface area contributed by atoms with E-state index < -0.39 is 0 Å². The smallest absolute Gasteiger partial charge is 0.119 e. The molecule has 1 aromatic heterocycles. The highest BCUT2D eigenvalue weighted by Gasteiger charge is 1.85. The first-order chi connectivity index (χ1) is 3.79. The largest absolute Gasteiger partial charge is 0.260 e. The average Bonchev–Trinajstić information content (AvgIpc) is 1.64. The van der Waals surface area contributed by atoms with Gasteiger partial charge in [-0.3, -0.25) is 4.98 Å². The molecule has 0 saturated heterocycles. The number of aromatic nitrogens is 2. The summed E-state index contributed by atoms with van der Waals surface area (Å²) in [5.41, 5.74) is 0.969. The summed E-state index contributed by atoms with van der Waals surface area (Å²) in [6.45, 7) is 1.93. The Kier molecular flexibility index (Phi) is 1.77. The lowest BCUT2D eigenvalue weighted by atomic mass is 10.5. The summed E-state index contributed by atoms with van der Waals surface area (Å²) in [6, 6.07) is 0. The van der Waals surface area contributed by atoms with Gasteiger partial charge in [-0.2, -0.15) is 0 Å². The van der Waals surface area contributed by atoms with Gasteiger partial charge in [0.25, 0.3) is 0 Å². The zero-order chi connectivity index (χ0) is 5.98. The van der Waals surface area contributed by atoms with Crippen LogP contribution in [0.15, 0.2) is 12.4 Å². The Morgan fingerprint density at radius 1 is 1.50 bits per heavy atom. The zero-order valence-corrected chi connectivity index (χ0v) is 6.58. The summed E-state index contributed by atoms with van der Waals surface area (Å²) in [5, 5.41) is 0. The molecule has 1 rings (SSSR count). The van der Waals surface area contributed by atoms with Crippen molar-refractivity contribution in [1.29, 1.82) is 0 Å². The molecule has 0 radical (unpaired) electrons. The number of hydrogen-bond acceptors (Lipinski definition) is 2. The average molecular weight is 220 g/mol. The highest BCUT2D eigenvalue weighted by molar-refractivity contribution is 14.1. The number of halogens is 1. The Labute approximate surface area is 61.5 Å². The fourth-order valence-corrected chi connectivity index (χ4v) is 0.974. The Hall–Kier alpha value is -0.190. The van der Waals surface area contributed by atoms with E-state index >= 15 is 0 Å². The Morgan fingerprint density at radius 3 is 2.62 bits per heavy atom. The first-order valence-electron chi connectivity index (χ1n) is 2.23. The molecule has 1 aromatic rings. The third-order valence-corrected chi connectivity index (χ3v) is 1.25. The molecule has 0 atom stereocenters. The van der Waals surface area contributed by atoms with E-state index in [0.29, 0.717) is 0 Å². The molecule has 0 N–H and O–H groups in total. The van der Waals surface area contributed by atoms with Crippen molar-refractivity contribution in [2.75, 3.05) is 0 Å². The highest BCUT2D eigenvalue weighted by Crippen LogP contribution is 1.96. The van der Waals surface area contributed by atoms with Gasteiger partial charge in [0.2, 0.25) is 0 Å². The van der Waals surface area contributed by atoms with Crippen LogP contribution in [0, 0.1) is 10.6 Å². The molecule has 0 aliphatic rings. The van der Waals surface area contributed by atoms with Gasteiger partial charge in [-0.05, 0) is 29.5 Å². The van der Waals surface area contributed by atoms with Gasteiger partial charge in [-0.15, -0.1) is 0 Å². The molecule has 0 unspecified atom stereocenters. The Bertz CT molecular complexity index is 170. The first kappa shape index (κ1) is 5.94. The molecule has 0 saturated carbocycles. The maximum absolute atomic E-state index is 4.10. The van der Waals surface area contributed by atoms with E-state index in [2.05, 4.69) is 32.6 Å². The topological polar surface area (TPSA) is 25.8 Å². The lowest BCUT2D eigenvalue weighted by molar-refractivity contribution is 1.08. The van der Waals surface area contributed by atoms with Crippen molar-refractivity contribution in [1.82, 2.24) is 9.97 Å². The van der Waals surface area contributed by atoms with Crippen LogP contribution < -0.4 is 0 Å². The monoisotopic (exact) mass is 220 g/mol. The predicted molar refractivity (Wildman–Crippen MR) is 39.5 cm³/mol. The van der Waals surface area contributed by atoms with Crippen molar-refractivity contribution in [3.05, 3.63) is 21.8 Å². The number of nitrogens with zero attached hydrogens (tertiary/aromatic N) is 2. The van der Waals surface area contributed by atoms with E-state index in [-0.39, 0.29) is 0 Å². The van der Waals surface area contributed by atoms with E-state index in [1.54, 1.807) is 12.4 Å². The number of rotatable bonds is 0. The van der Waals surface area contributed by atoms with E-state index in [0.717, 1.165) is 9.39 Å². The van der Waals surface area contributed by atoms with Gasteiger partial charge in [0.05, 0.1) is 11.9 Å². The molecule has 0 aliphatic heterocycles. The quantitative estimate of drug-likeness (QED) is 0.617. The molecule has 1 heterocycles. The molecular weight excluding hydrogens is 215 g/mol. The van der Waals surface area contributed by atoms with Crippen molar-refractivity contribution in [2.45, 2.75) is 6.92 Å². The van der Waals surface area contributed by atoms with Crippen molar-refractivity contribution in [3.63, 3.8) is 0 Å². The molecular formula is C5H5IN2. The first-order valence-corrected chi connectivity index (χ1v) is 3.31. The highest BCUT2D eigenvalue weighted by atomic mass is 127. The molecule has 2 nitrogen and oxygen atoms in total. The summed E-state index contributed by atoms with van der Waals surface area (Å²) < 4.78 is 0.947. The summed E-state index contributed by atoms with van der Waals surface area (Å²) >= 11 is 2.13. The molecule has 0 bridgehead atoms. The lowest BCUT2D eigenvalue weighted by Gasteiger charge is -1.87.